The Balaban J connectivity index is 1.55. The Morgan fingerprint density at radius 3 is 2.38 bits per heavy atom. The van der Waals surface area contributed by atoms with Crippen molar-refractivity contribution >= 4 is 21.6 Å². The van der Waals surface area contributed by atoms with Crippen LogP contribution in [0, 0.1) is 0 Å². The van der Waals surface area contributed by atoms with E-state index in [9.17, 15) is 13.2 Å². The Labute approximate surface area is 171 Å². The molecule has 2 aromatic carbocycles. The van der Waals surface area contributed by atoms with E-state index in [1.54, 1.807) is 55.6 Å². The quantitative estimate of drug-likeness (QED) is 0.670. The number of rotatable bonds is 7. The van der Waals surface area contributed by atoms with Crippen LogP contribution in [-0.2, 0) is 14.8 Å². The third-order valence-electron chi connectivity index (χ3n) is 4.90. The summed E-state index contributed by atoms with van der Waals surface area (Å²) in [5, 5.41) is 2.86. The van der Waals surface area contributed by atoms with Crippen molar-refractivity contribution in [3.63, 3.8) is 0 Å². The average Bonchev–Trinajstić information content (AvgIpc) is 2.75. The van der Waals surface area contributed by atoms with Gasteiger partial charge in [0.15, 0.2) is 6.54 Å². The fourth-order valence-electron chi connectivity index (χ4n) is 3.28. The molecule has 0 aliphatic carbocycles. The van der Waals surface area contributed by atoms with Gasteiger partial charge in [0.2, 0.25) is 10.0 Å². The number of methoxy groups -OCH3 is 2. The van der Waals surface area contributed by atoms with E-state index in [0.29, 0.717) is 48.3 Å². The normalized spacial score (nSPS) is 15.7. The molecule has 1 heterocycles. The van der Waals surface area contributed by atoms with Crippen LogP contribution in [0.2, 0.25) is 0 Å². The van der Waals surface area contributed by atoms with Gasteiger partial charge in [-0.25, -0.2) is 8.42 Å². The smallest absolute Gasteiger partial charge is 0.279 e. The first kappa shape index (κ1) is 21.1. The van der Waals surface area contributed by atoms with Crippen molar-refractivity contribution in [2.75, 3.05) is 52.3 Å². The van der Waals surface area contributed by atoms with Gasteiger partial charge in [-0.15, -0.1) is 0 Å². The molecule has 8 nitrogen and oxygen atoms in total. The number of anilines is 1. The first-order chi connectivity index (χ1) is 13.9. The molecule has 0 atom stereocenters. The van der Waals surface area contributed by atoms with Gasteiger partial charge in [0.1, 0.15) is 11.5 Å². The summed E-state index contributed by atoms with van der Waals surface area (Å²) in [6.45, 7) is 2.16. The second-order valence-electron chi connectivity index (χ2n) is 6.76. The molecule has 29 heavy (non-hydrogen) atoms. The van der Waals surface area contributed by atoms with Gasteiger partial charge >= 0.3 is 0 Å². The van der Waals surface area contributed by atoms with Crippen molar-refractivity contribution in [3.8, 4) is 11.5 Å². The highest BCUT2D eigenvalue weighted by molar-refractivity contribution is 7.89. The average molecular weight is 421 g/mol. The Hall–Kier alpha value is -2.62. The van der Waals surface area contributed by atoms with Gasteiger partial charge in [0, 0.05) is 6.07 Å². The van der Waals surface area contributed by atoms with Crippen LogP contribution in [0.25, 0.3) is 0 Å². The van der Waals surface area contributed by atoms with Crippen LogP contribution < -0.4 is 19.7 Å². The summed E-state index contributed by atoms with van der Waals surface area (Å²) in [6, 6.07) is 13.6. The number of hydrogen-bond donors (Lipinski definition) is 2. The van der Waals surface area contributed by atoms with Crippen LogP contribution in [0.15, 0.2) is 53.4 Å². The van der Waals surface area contributed by atoms with E-state index in [2.05, 4.69) is 5.32 Å². The first-order valence-corrected chi connectivity index (χ1v) is 10.8. The zero-order valence-corrected chi connectivity index (χ0v) is 17.4. The van der Waals surface area contributed by atoms with Crippen LogP contribution in [0.4, 0.5) is 5.69 Å². The minimum absolute atomic E-state index is 0.150. The lowest BCUT2D eigenvalue weighted by Gasteiger charge is -2.31. The van der Waals surface area contributed by atoms with Crippen molar-refractivity contribution in [1.29, 1.82) is 0 Å². The fourth-order valence-corrected chi connectivity index (χ4v) is 4.75. The maximum absolute atomic E-state index is 12.7. The van der Waals surface area contributed by atoms with Gasteiger partial charge < -0.3 is 19.7 Å². The van der Waals surface area contributed by atoms with E-state index in [4.69, 9.17) is 9.47 Å². The fraction of sp³-hybridized carbons (Fsp3) is 0.350. The van der Waals surface area contributed by atoms with E-state index in [1.165, 1.54) is 11.4 Å². The van der Waals surface area contributed by atoms with Crippen molar-refractivity contribution < 1.29 is 27.6 Å². The minimum atomic E-state index is -3.49. The molecule has 0 radical (unpaired) electrons. The van der Waals surface area contributed by atoms with Crippen molar-refractivity contribution in [3.05, 3.63) is 48.5 Å². The molecule has 0 bridgehead atoms. The van der Waals surface area contributed by atoms with Crippen LogP contribution in [0.1, 0.15) is 0 Å². The summed E-state index contributed by atoms with van der Waals surface area (Å²) in [6.07, 6.45) is 0. The van der Waals surface area contributed by atoms with E-state index in [1.807, 2.05) is 0 Å². The number of nitrogens with one attached hydrogen (secondary N) is 2. The number of nitrogens with zero attached hydrogens (tertiary/aromatic N) is 1. The second kappa shape index (κ2) is 9.25. The molecule has 0 spiro atoms. The largest absolute Gasteiger partial charge is 0.497 e. The molecule has 156 valence electrons. The summed E-state index contributed by atoms with van der Waals surface area (Å²) < 4.78 is 37.3. The maximum Gasteiger partial charge on any atom is 0.279 e. The molecule has 9 heteroatoms. The standard InChI is InChI=1S/C20H25N3O5S/c1-27-16-8-9-18(19(14-16)28-2)21-20(24)15-22-10-12-23(13-11-22)29(25,26)17-6-4-3-5-7-17/h3-9,14H,10-13,15H2,1-2H3,(H,21,24)/p+1. The number of amides is 1. The van der Waals surface area contributed by atoms with E-state index in [-0.39, 0.29) is 12.5 Å². The molecular formula is C20H26N3O5S+. The number of hydrogen-bond acceptors (Lipinski definition) is 5. The molecule has 0 aromatic heterocycles. The lowest BCUT2D eigenvalue weighted by atomic mass is 10.2. The number of piperazine rings is 1. The molecule has 2 N–H and O–H groups in total. The second-order valence-corrected chi connectivity index (χ2v) is 8.70. The molecular weight excluding hydrogens is 394 g/mol. The first-order valence-electron chi connectivity index (χ1n) is 9.34. The Morgan fingerprint density at radius 2 is 1.76 bits per heavy atom. The number of sulfonamides is 1. The van der Waals surface area contributed by atoms with Gasteiger partial charge in [0.05, 0.1) is 51.0 Å². The third kappa shape index (κ3) is 5.06. The number of carbonyl (C=O) groups excluding carboxylic acids is 1. The predicted octanol–water partition coefficient (Wildman–Crippen LogP) is 0.232. The number of ether oxygens (including phenoxy) is 2. The lowest BCUT2D eigenvalue weighted by Crippen LogP contribution is -3.15. The summed E-state index contributed by atoms with van der Waals surface area (Å²) in [5.74, 6) is 1.01. The maximum atomic E-state index is 12.7. The van der Waals surface area contributed by atoms with Gasteiger partial charge in [-0.05, 0) is 24.3 Å². The van der Waals surface area contributed by atoms with Gasteiger partial charge in [-0.1, -0.05) is 18.2 Å². The molecule has 0 saturated carbocycles. The Kier molecular flexibility index (Phi) is 6.73. The summed E-state index contributed by atoms with van der Waals surface area (Å²) in [5.41, 5.74) is 0.572. The Morgan fingerprint density at radius 1 is 1.07 bits per heavy atom. The zero-order valence-electron chi connectivity index (χ0n) is 16.6. The van der Waals surface area contributed by atoms with E-state index in [0.717, 1.165) is 4.90 Å². The third-order valence-corrected chi connectivity index (χ3v) is 6.82. The molecule has 1 aliphatic heterocycles. The summed E-state index contributed by atoms with van der Waals surface area (Å²) >= 11 is 0. The molecule has 1 aliphatic rings. The summed E-state index contributed by atoms with van der Waals surface area (Å²) in [4.78, 5) is 13.8. The highest BCUT2D eigenvalue weighted by Crippen LogP contribution is 2.28. The molecule has 1 saturated heterocycles. The molecule has 2 aromatic rings. The van der Waals surface area contributed by atoms with Crippen LogP contribution in [0.5, 0.6) is 11.5 Å². The van der Waals surface area contributed by atoms with Crippen LogP contribution in [-0.4, -0.2) is 65.6 Å². The topological polar surface area (TPSA) is 89.4 Å². The SMILES string of the molecule is COc1ccc(NC(=O)C[NH+]2CCN(S(=O)(=O)c3ccccc3)CC2)c(OC)c1. The van der Waals surface area contributed by atoms with Crippen molar-refractivity contribution in [1.82, 2.24) is 4.31 Å². The molecule has 1 amide bonds. The van der Waals surface area contributed by atoms with E-state index < -0.39 is 10.0 Å². The summed E-state index contributed by atoms with van der Waals surface area (Å²) in [7, 11) is -0.394. The van der Waals surface area contributed by atoms with Crippen molar-refractivity contribution in [2.45, 2.75) is 4.90 Å². The van der Waals surface area contributed by atoms with Crippen molar-refractivity contribution in [2.24, 2.45) is 0 Å². The van der Waals surface area contributed by atoms with Gasteiger partial charge in [-0.2, -0.15) is 4.31 Å². The molecule has 0 unspecified atom stereocenters. The highest BCUT2D eigenvalue weighted by Gasteiger charge is 2.31. The number of quaternary nitrogens is 1. The highest BCUT2D eigenvalue weighted by atomic mass is 32.2. The number of carbonyl (C=O) groups is 1. The monoisotopic (exact) mass is 420 g/mol. The Bertz CT molecular complexity index is 942. The van der Waals surface area contributed by atoms with Gasteiger partial charge in [-0.3, -0.25) is 4.79 Å². The lowest BCUT2D eigenvalue weighted by molar-refractivity contribution is -0.895. The van der Waals surface area contributed by atoms with Crippen LogP contribution in [0.3, 0.4) is 0 Å². The van der Waals surface area contributed by atoms with Crippen LogP contribution >= 0.6 is 0 Å². The molecule has 1 fully saturated rings. The predicted molar refractivity (Wildman–Crippen MR) is 109 cm³/mol. The zero-order chi connectivity index (χ0) is 20.9. The molecule has 3 rings (SSSR count). The van der Waals surface area contributed by atoms with Gasteiger partial charge in [0.25, 0.3) is 5.91 Å². The van der Waals surface area contributed by atoms with E-state index >= 15 is 0 Å². The number of benzene rings is 2. The minimum Gasteiger partial charge on any atom is -0.497 e.